The van der Waals surface area contributed by atoms with E-state index in [0.717, 1.165) is 11.3 Å². The molecule has 0 N–H and O–H groups in total. The molecule has 0 radical (unpaired) electrons. The highest BCUT2D eigenvalue weighted by Gasteiger charge is 2.39. The topological polar surface area (TPSA) is 70.2 Å². The number of rotatable bonds is 2. The molecule has 0 aliphatic carbocycles. The van der Waals surface area contributed by atoms with Crippen molar-refractivity contribution in [1.82, 2.24) is 14.7 Å². The maximum atomic E-state index is 13.0. The van der Waals surface area contributed by atoms with Crippen LogP contribution in [0.5, 0.6) is 0 Å². The predicted octanol–water partition coefficient (Wildman–Crippen LogP) is 2.43. The van der Waals surface area contributed by atoms with E-state index >= 15 is 0 Å². The monoisotopic (exact) mass is 393 g/mol. The average Bonchev–Trinajstić information content (AvgIpc) is 3.30. The minimum atomic E-state index is -0.582. The third-order valence-corrected chi connectivity index (χ3v) is 5.63. The molecule has 0 spiro atoms. The Labute approximate surface area is 163 Å². The van der Waals surface area contributed by atoms with Gasteiger partial charge >= 0.3 is 6.09 Å². The van der Waals surface area contributed by atoms with Gasteiger partial charge in [0.05, 0.1) is 4.88 Å². The number of carbonyl (C=O) groups is 3. The molecule has 1 aromatic rings. The lowest BCUT2D eigenvalue weighted by atomic mass is 10.1. The normalized spacial score (nSPS) is 20.7. The predicted molar refractivity (Wildman–Crippen MR) is 103 cm³/mol. The number of hydrogen-bond acceptors (Lipinski definition) is 5. The number of carbonyl (C=O) groups excluding carboxylic acids is 3. The van der Waals surface area contributed by atoms with Crippen molar-refractivity contribution < 1.29 is 19.1 Å². The van der Waals surface area contributed by atoms with Crippen molar-refractivity contribution in [2.75, 3.05) is 32.7 Å². The molecule has 2 fully saturated rings. The Morgan fingerprint density at radius 1 is 1.07 bits per heavy atom. The fourth-order valence-corrected chi connectivity index (χ4v) is 4.15. The van der Waals surface area contributed by atoms with Crippen LogP contribution in [0.25, 0.3) is 0 Å². The summed E-state index contributed by atoms with van der Waals surface area (Å²) in [5, 5.41) is 1.89. The number of piperazine rings is 1. The van der Waals surface area contributed by atoms with Crippen LogP contribution < -0.4 is 0 Å². The molecule has 0 saturated carbocycles. The second kappa shape index (κ2) is 7.88. The van der Waals surface area contributed by atoms with Crippen LogP contribution in [0.4, 0.5) is 4.79 Å². The van der Waals surface area contributed by atoms with Crippen LogP contribution in [-0.4, -0.2) is 77.0 Å². The quantitative estimate of drug-likeness (QED) is 0.774. The van der Waals surface area contributed by atoms with E-state index in [-0.39, 0.29) is 11.8 Å². The Balaban J connectivity index is 1.57. The zero-order valence-corrected chi connectivity index (χ0v) is 17.0. The summed E-state index contributed by atoms with van der Waals surface area (Å²) in [7, 11) is 0. The number of amides is 3. The van der Waals surface area contributed by atoms with Gasteiger partial charge in [-0.15, -0.1) is 11.3 Å². The zero-order chi connectivity index (χ0) is 19.6. The van der Waals surface area contributed by atoms with Crippen molar-refractivity contribution in [2.24, 2.45) is 0 Å². The average molecular weight is 394 g/mol. The summed E-state index contributed by atoms with van der Waals surface area (Å²) in [5.41, 5.74) is -0.582. The summed E-state index contributed by atoms with van der Waals surface area (Å²) in [6, 6.07) is 3.23. The van der Waals surface area contributed by atoms with Crippen LogP contribution in [0.2, 0.25) is 0 Å². The summed E-state index contributed by atoms with van der Waals surface area (Å²) in [5.74, 6) is -0.0186. The minimum Gasteiger partial charge on any atom is -0.444 e. The van der Waals surface area contributed by atoms with Gasteiger partial charge < -0.3 is 14.5 Å². The van der Waals surface area contributed by atoms with Crippen LogP contribution in [0, 0.1) is 0 Å². The highest BCUT2D eigenvalue weighted by atomic mass is 32.1. The first-order valence-corrected chi connectivity index (χ1v) is 10.3. The third-order valence-electron chi connectivity index (χ3n) is 4.78. The first-order valence-electron chi connectivity index (χ1n) is 9.37. The number of nitrogens with zero attached hydrogens (tertiary/aromatic N) is 3. The molecule has 1 atom stereocenters. The van der Waals surface area contributed by atoms with Gasteiger partial charge in [-0.3, -0.25) is 14.5 Å². The van der Waals surface area contributed by atoms with Crippen LogP contribution in [0.15, 0.2) is 17.5 Å². The SMILES string of the molecule is CC(C)(C)OC(=O)N1CCCC1C(=O)N1CCN(C(=O)c2cccs2)CC1. The van der Waals surface area contributed by atoms with Gasteiger partial charge in [0.15, 0.2) is 0 Å². The smallest absolute Gasteiger partial charge is 0.410 e. The molecule has 148 valence electrons. The lowest BCUT2D eigenvalue weighted by Gasteiger charge is -2.37. The molecule has 2 saturated heterocycles. The lowest BCUT2D eigenvalue weighted by molar-refractivity contribution is -0.137. The van der Waals surface area contributed by atoms with Gasteiger partial charge in [0.25, 0.3) is 5.91 Å². The van der Waals surface area contributed by atoms with Crippen LogP contribution in [0.1, 0.15) is 43.3 Å². The fourth-order valence-electron chi connectivity index (χ4n) is 3.46. The van der Waals surface area contributed by atoms with Crippen LogP contribution in [-0.2, 0) is 9.53 Å². The van der Waals surface area contributed by atoms with Gasteiger partial charge in [0.2, 0.25) is 5.91 Å². The van der Waals surface area contributed by atoms with E-state index in [1.54, 1.807) is 14.7 Å². The molecular formula is C19H27N3O4S. The van der Waals surface area contributed by atoms with Gasteiger partial charge in [-0.2, -0.15) is 0 Å². The van der Waals surface area contributed by atoms with Gasteiger partial charge in [-0.25, -0.2) is 4.79 Å². The summed E-state index contributed by atoms with van der Waals surface area (Å²) in [4.78, 5) is 43.6. The number of likely N-dealkylation sites (tertiary alicyclic amines) is 1. The Bertz CT molecular complexity index is 690. The lowest BCUT2D eigenvalue weighted by Crippen LogP contribution is -2.55. The Morgan fingerprint density at radius 2 is 1.74 bits per heavy atom. The summed E-state index contributed by atoms with van der Waals surface area (Å²) in [6.45, 7) is 8.03. The second-order valence-corrected chi connectivity index (χ2v) is 8.87. The molecular weight excluding hydrogens is 366 g/mol. The largest absolute Gasteiger partial charge is 0.444 e. The molecule has 8 heteroatoms. The number of ether oxygens (including phenoxy) is 1. The summed E-state index contributed by atoms with van der Waals surface area (Å²) >= 11 is 1.43. The Morgan fingerprint density at radius 3 is 2.33 bits per heavy atom. The van der Waals surface area contributed by atoms with Crippen molar-refractivity contribution in [1.29, 1.82) is 0 Å². The molecule has 3 rings (SSSR count). The Kier molecular flexibility index (Phi) is 5.74. The molecule has 1 unspecified atom stereocenters. The minimum absolute atomic E-state index is 0.0216. The molecule has 2 aliphatic rings. The van der Waals surface area contributed by atoms with Crippen molar-refractivity contribution >= 4 is 29.2 Å². The van der Waals surface area contributed by atoms with Gasteiger partial charge in [0, 0.05) is 32.7 Å². The van der Waals surface area contributed by atoms with Crippen molar-refractivity contribution in [3.8, 4) is 0 Å². The summed E-state index contributed by atoms with van der Waals surface area (Å²) in [6.07, 6.45) is 1.03. The van der Waals surface area contributed by atoms with E-state index < -0.39 is 17.7 Å². The first-order chi connectivity index (χ1) is 12.8. The first kappa shape index (κ1) is 19.7. The maximum absolute atomic E-state index is 13.0. The van der Waals surface area contributed by atoms with Crippen molar-refractivity contribution in [3.63, 3.8) is 0 Å². The van der Waals surface area contributed by atoms with E-state index in [1.807, 2.05) is 38.3 Å². The molecule has 2 aliphatic heterocycles. The highest BCUT2D eigenvalue weighted by Crippen LogP contribution is 2.23. The summed E-state index contributed by atoms with van der Waals surface area (Å²) < 4.78 is 5.44. The molecule has 0 bridgehead atoms. The number of hydrogen-bond donors (Lipinski definition) is 0. The molecule has 1 aromatic heterocycles. The van der Waals surface area contributed by atoms with E-state index in [1.165, 1.54) is 11.3 Å². The fraction of sp³-hybridized carbons (Fsp3) is 0.632. The van der Waals surface area contributed by atoms with Gasteiger partial charge in [-0.1, -0.05) is 6.07 Å². The zero-order valence-electron chi connectivity index (χ0n) is 16.1. The molecule has 3 heterocycles. The number of thiophene rings is 1. The van der Waals surface area contributed by atoms with Crippen molar-refractivity contribution in [2.45, 2.75) is 45.3 Å². The van der Waals surface area contributed by atoms with E-state index in [0.29, 0.717) is 39.1 Å². The standard InChI is InChI=1S/C19H27N3O4S/c1-19(2,3)26-18(25)22-8-4-6-14(22)16(23)20-9-11-21(12-10-20)17(24)15-7-5-13-27-15/h5,7,13-14H,4,6,8-12H2,1-3H3. The second-order valence-electron chi connectivity index (χ2n) is 7.93. The van der Waals surface area contributed by atoms with Crippen LogP contribution >= 0.6 is 11.3 Å². The van der Waals surface area contributed by atoms with E-state index in [4.69, 9.17) is 4.74 Å². The third kappa shape index (κ3) is 4.61. The van der Waals surface area contributed by atoms with Crippen LogP contribution in [0.3, 0.4) is 0 Å². The molecule has 0 aromatic carbocycles. The molecule has 27 heavy (non-hydrogen) atoms. The van der Waals surface area contributed by atoms with Gasteiger partial charge in [-0.05, 0) is 45.1 Å². The Hall–Kier alpha value is -2.09. The highest BCUT2D eigenvalue weighted by molar-refractivity contribution is 7.12. The van der Waals surface area contributed by atoms with Gasteiger partial charge in [0.1, 0.15) is 11.6 Å². The maximum Gasteiger partial charge on any atom is 0.410 e. The van der Waals surface area contributed by atoms with E-state index in [9.17, 15) is 14.4 Å². The van der Waals surface area contributed by atoms with Crippen molar-refractivity contribution in [3.05, 3.63) is 22.4 Å². The molecule has 7 nitrogen and oxygen atoms in total. The van der Waals surface area contributed by atoms with E-state index in [2.05, 4.69) is 0 Å². The molecule has 3 amide bonds.